The molecule has 13 heavy (non-hydrogen) atoms. The lowest BCUT2D eigenvalue weighted by atomic mass is 10.1. The summed E-state index contributed by atoms with van der Waals surface area (Å²) >= 11 is 0. The van der Waals surface area contributed by atoms with Crippen LogP contribution in [0.3, 0.4) is 0 Å². The highest BCUT2D eigenvalue weighted by Crippen LogP contribution is 2.15. The topological polar surface area (TPSA) is 47.3 Å². The number of nitrogens with zero attached hydrogens (tertiary/aromatic N) is 2. The van der Waals surface area contributed by atoms with E-state index in [1.54, 1.807) is 25.6 Å². The van der Waals surface area contributed by atoms with Crippen LogP contribution in [0, 0.1) is 6.92 Å². The van der Waals surface area contributed by atoms with Crippen LogP contribution in [-0.2, 0) is 6.54 Å². The quantitative estimate of drug-likeness (QED) is 0.761. The maximum absolute atomic E-state index is 9.54. The maximum Gasteiger partial charge on any atom is 0.235 e. The van der Waals surface area contributed by atoms with Gasteiger partial charge in [-0.3, -0.25) is 4.68 Å². The van der Waals surface area contributed by atoms with Crippen LogP contribution in [-0.4, -0.2) is 27.6 Å². The summed E-state index contributed by atoms with van der Waals surface area (Å²) in [4.78, 5) is 0. The monoisotopic (exact) mass is 184 g/mol. The Balaban J connectivity index is 2.80. The number of aliphatic hydroxyl groups is 1. The van der Waals surface area contributed by atoms with Gasteiger partial charge in [0.2, 0.25) is 5.88 Å². The molecule has 1 rings (SSSR count). The SMILES string of the molecule is COc1nn(CC(C)(C)O)cc1C. The molecule has 0 radical (unpaired) electrons. The zero-order chi connectivity index (χ0) is 10.1. The Labute approximate surface area is 78.1 Å². The van der Waals surface area contributed by atoms with Gasteiger partial charge in [-0.15, -0.1) is 5.10 Å². The van der Waals surface area contributed by atoms with Crippen molar-refractivity contribution in [3.63, 3.8) is 0 Å². The molecule has 0 bridgehead atoms. The van der Waals surface area contributed by atoms with E-state index in [2.05, 4.69) is 5.10 Å². The van der Waals surface area contributed by atoms with Crippen molar-refractivity contribution in [2.24, 2.45) is 0 Å². The molecular weight excluding hydrogens is 168 g/mol. The van der Waals surface area contributed by atoms with Crippen LogP contribution in [0.2, 0.25) is 0 Å². The van der Waals surface area contributed by atoms with E-state index in [-0.39, 0.29) is 0 Å². The van der Waals surface area contributed by atoms with Gasteiger partial charge in [0.25, 0.3) is 0 Å². The normalized spacial score (nSPS) is 11.8. The molecule has 0 saturated heterocycles. The van der Waals surface area contributed by atoms with Crippen molar-refractivity contribution in [3.05, 3.63) is 11.8 Å². The lowest BCUT2D eigenvalue weighted by Gasteiger charge is -2.16. The number of hydrogen-bond acceptors (Lipinski definition) is 3. The van der Waals surface area contributed by atoms with Gasteiger partial charge in [-0.1, -0.05) is 0 Å². The predicted octanol–water partition coefficient (Wildman–Crippen LogP) is 0.971. The number of methoxy groups -OCH3 is 1. The second-order valence-corrected chi connectivity index (χ2v) is 3.83. The molecule has 0 aliphatic heterocycles. The van der Waals surface area contributed by atoms with Crippen LogP contribution in [0.5, 0.6) is 5.88 Å². The van der Waals surface area contributed by atoms with Gasteiger partial charge >= 0.3 is 0 Å². The highest BCUT2D eigenvalue weighted by atomic mass is 16.5. The Morgan fingerprint density at radius 1 is 1.62 bits per heavy atom. The third kappa shape index (κ3) is 2.73. The first-order valence-electron chi connectivity index (χ1n) is 4.23. The molecule has 0 aliphatic carbocycles. The lowest BCUT2D eigenvalue weighted by molar-refractivity contribution is 0.0574. The predicted molar refractivity (Wildman–Crippen MR) is 49.8 cm³/mol. The molecule has 0 aromatic carbocycles. The van der Waals surface area contributed by atoms with Gasteiger partial charge in [-0.05, 0) is 20.8 Å². The van der Waals surface area contributed by atoms with E-state index >= 15 is 0 Å². The van der Waals surface area contributed by atoms with Crippen molar-refractivity contribution in [3.8, 4) is 5.88 Å². The summed E-state index contributed by atoms with van der Waals surface area (Å²) in [5.74, 6) is 0.615. The molecule has 0 amide bonds. The second-order valence-electron chi connectivity index (χ2n) is 3.83. The number of aromatic nitrogens is 2. The Bertz CT molecular complexity index is 286. The fourth-order valence-electron chi connectivity index (χ4n) is 1.18. The van der Waals surface area contributed by atoms with Gasteiger partial charge in [0.1, 0.15) is 0 Å². The number of rotatable bonds is 3. The standard InChI is InChI=1S/C9H16N2O2/c1-7-5-11(6-9(2,3)12)10-8(7)13-4/h5,12H,6H2,1-4H3. The van der Waals surface area contributed by atoms with Crippen LogP contribution in [0.1, 0.15) is 19.4 Å². The van der Waals surface area contributed by atoms with E-state index in [0.717, 1.165) is 5.56 Å². The molecule has 1 N–H and O–H groups in total. The Hall–Kier alpha value is -1.03. The smallest absolute Gasteiger partial charge is 0.235 e. The van der Waals surface area contributed by atoms with Gasteiger partial charge in [0, 0.05) is 11.8 Å². The van der Waals surface area contributed by atoms with E-state index in [9.17, 15) is 5.11 Å². The summed E-state index contributed by atoms with van der Waals surface area (Å²) < 4.78 is 6.72. The van der Waals surface area contributed by atoms with E-state index in [0.29, 0.717) is 12.4 Å². The molecule has 1 aromatic rings. The molecule has 0 spiro atoms. The zero-order valence-corrected chi connectivity index (χ0v) is 8.53. The van der Waals surface area contributed by atoms with Gasteiger partial charge in [-0.25, -0.2) is 0 Å². The third-order valence-corrected chi connectivity index (χ3v) is 1.64. The minimum Gasteiger partial charge on any atom is -0.480 e. The molecule has 0 saturated carbocycles. The number of ether oxygens (including phenoxy) is 1. The van der Waals surface area contributed by atoms with Crippen LogP contribution in [0.15, 0.2) is 6.20 Å². The van der Waals surface area contributed by atoms with Crippen LogP contribution < -0.4 is 4.74 Å². The lowest BCUT2D eigenvalue weighted by Crippen LogP contribution is -2.26. The summed E-state index contributed by atoms with van der Waals surface area (Å²) in [6.07, 6.45) is 1.86. The highest BCUT2D eigenvalue weighted by molar-refractivity contribution is 5.20. The summed E-state index contributed by atoms with van der Waals surface area (Å²) in [7, 11) is 1.59. The van der Waals surface area contributed by atoms with E-state index < -0.39 is 5.60 Å². The average Bonchev–Trinajstić information content (AvgIpc) is 2.26. The third-order valence-electron chi connectivity index (χ3n) is 1.64. The summed E-state index contributed by atoms with van der Waals surface area (Å²) in [5.41, 5.74) is 0.232. The Kier molecular flexibility index (Phi) is 2.61. The highest BCUT2D eigenvalue weighted by Gasteiger charge is 2.15. The number of aryl methyl sites for hydroxylation is 1. The summed E-state index contributed by atoms with van der Waals surface area (Å²) in [6, 6.07) is 0. The average molecular weight is 184 g/mol. The van der Waals surface area contributed by atoms with Crippen molar-refractivity contribution < 1.29 is 9.84 Å². The molecule has 0 fully saturated rings. The van der Waals surface area contributed by atoms with E-state index in [1.165, 1.54) is 0 Å². The maximum atomic E-state index is 9.54. The van der Waals surface area contributed by atoms with Crippen molar-refractivity contribution in [1.82, 2.24) is 9.78 Å². The zero-order valence-electron chi connectivity index (χ0n) is 8.53. The van der Waals surface area contributed by atoms with Gasteiger partial charge in [0.15, 0.2) is 0 Å². The van der Waals surface area contributed by atoms with Gasteiger partial charge in [0.05, 0.1) is 19.3 Å². The van der Waals surface area contributed by atoms with Crippen molar-refractivity contribution in [2.75, 3.05) is 7.11 Å². The molecular formula is C9H16N2O2. The largest absolute Gasteiger partial charge is 0.480 e. The molecule has 0 aliphatic rings. The van der Waals surface area contributed by atoms with Crippen LogP contribution >= 0.6 is 0 Å². The van der Waals surface area contributed by atoms with E-state index in [4.69, 9.17) is 4.74 Å². The molecule has 1 heterocycles. The fourth-order valence-corrected chi connectivity index (χ4v) is 1.18. The Morgan fingerprint density at radius 2 is 2.23 bits per heavy atom. The molecule has 4 nitrogen and oxygen atoms in total. The Morgan fingerprint density at radius 3 is 2.62 bits per heavy atom. The fraction of sp³-hybridized carbons (Fsp3) is 0.667. The van der Waals surface area contributed by atoms with Crippen molar-refractivity contribution in [1.29, 1.82) is 0 Å². The van der Waals surface area contributed by atoms with Crippen molar-refractivity contribution >= 4 is 0 Å². The van der Waals surface area contributed by atoms with E-state index in [1.807, 2.05) is 13.1 Å². The minimum absolute atomic E-state index is 0.469. The minimum atomic E-state index is -0.747. The number of hydrogen-bond donors (Lipinski definition) is 1. The molecule has 74 valence electrons. The van der Waals surface area contributed by atoms with Crippen LogP contribution in [0.4, 0.5) is 0 Å². The molecule has 0 unspecified atom stereocenters. The summed E-state index contributed by atoms with van der Waals surface area (Å²) in [6.45, 7) is 5.89. The summed E-state index contributed by atoms with van der Waals surface area (Å²) in [5, 5.41) is 13.7. The van der Waals surface area contributed by atoms with Crippen LogP contribution in [0.25, 0.3) is 0 Å². The first-order chi connectivity index (χ1) is 5.92. The molecule has 0 atom stereocenters. The molecule has 4 heteroatoms. The first kappa shape index (κ1) is 10.1. The van der Waals surface area contributed by atoms with Gasteiger partial charge < -0.3 is 9.84 Å². The first-order valence-corrected chi connectivity index (χ1v) is 4.23. The molecule has 1 aromatic heterocycles. The van der Waals surface area contributed by atoms with Crippen molar-refractivity contribution in [2.45, 2.75) is 32.9 Å². The van der Waals surface area contributed by atoms with Gasteiger partial charge in [-0.2, -0.15) is 0 Å². The second kappa shape index (κ2) is 3.38.